The van der Waals surface area contributed by atoms with Gasteiger partial charge in [0.05, 0.1) is 5.92 Å². The van der Waals surface area contributed by atoms with Gasteiger partial charge in [-0.2, -0.15) is 0 Å². The van der Waals surface area contributed by atoms with Crippen LogP contribution in [0.1, 0.15) is 27.7 Å². The number of primary amides is 1. The summed E-state index contributed by atoms with van der Waals surface area (Å²) in [5.41, 5.74) is 10.3. The van der Waals surface area contributed by atoms with Crippen molar-refractivity contribution in [3.8, 4) is 0 Å². The van der Waals surface area contributed by atoms with Crippen LogP contribution in [0.5, 0.6) is 0 Å². The lowest BCUT2D eigenvalue weighted by atomic mass is 9.86. The molecule has 0 aromatic carbocycles. The van der Waals surface area contributed by atoms with Crippen LogP contribution in [0, 0.1) is 17.8 Å². The Morgan fingerprint density at radius 2 is 1.69 bits per heavy atom. The lowest BCUT2D eigenvalue weighted by molar-refractivity contribution is -0.151. The Kier molecular flexibility index (Phi) is 6.03. The van der Waals surface area contributed by atoms with Crippen LogP contribution in [0.3, 0.4) is 0 Å². The molecule has 4 N–H and O–H groups in total. The molecule has 0 heterocycles. The summed E-state index contributed by atoms with van der Waals surface area (Å²) >= 11 is 0. The van der Waals surface area contributed by atoms with Crippen LogP contribution in [0.2, 0.25) is 0 Å². The molecule has 0 rings (SSSR count). The number of hydrogen-bond donors (Lipinski definition) is 2. The number of amides is 1. The smallest absolute Gasteiger partial charge is 0.308 e. The predicted molar refractivity (Wildman–Crippen MR) is 61.3 cm³/mol. The van der Waals surface area contributed by atoms with Crippen LogP contribution in [0.25, 0.3) is 0 Å². The van der Waals surface area contributed by atoms with Gasteiger partial charge in [-0.1, -0.05) is 27.7 Å². The quantitative estimate of drug-likeness (QED) is 0.640. The van der Waals surface area contributed by atoms with E-state index in [4.69, 9.17) is 16.2 Å². The number of nitrogens with two attached hydrogens (primary N) is 2. The normalized spacial score (nSPS) is 16.6. The van der Waals surface area contributed by atoms with E-state index < -0.39 is 11.9 Å². The molecule has 0 fully saturated rings. The highest BCUT2D eigenvalue weighted by Gasteiger charge is 2.24. The minimum absolute atomic E-state index is 0.149. The van der Waals surface area contributed by atoms with Gasteiger partial charge in [-0.15, -0.1) is 0 Å². The maximum absolute atomic E-state index is 11.6. The Morgan fingerprint density at radius 3 is 2.06 bits per heavy atom. The lowest BCUT2D eigenvalue weighted by Gasteiger charge is -2.22. The highest BCUT2D eigenvalue weighted by molar-refractivity contribution is 5.80. The number of esters is 1. The molecule has 0 aliphatic rings. The van der Waals surface area contributed by atoms with Gasteiger partial charge in [0.25, 0.3) is 0 Å². The van der Waals surface area contributed by atoms with Gasteiger partial charge in [0.2, 0.25) is 5.91 Å². The molecular formula is C11H22N2O3. The molecule has 0 saturated carbocycles. The lowest BCUT2D eigenvalue weighted by Crippen LogP contribution is -2.41. The van der Waals surface area contributed by atoms with E-state index in [1.807, 2.05) is 27.7 Å². The maximum Gasteiger partial charge on any atom is 0.308 e. The van der Waals surface area contributed by atoms with Gasteiger partial charge in [-0.05, 0) is 11.8 Å². The number of carbonyl (C=O) groups excluding carboxylic acids is 2. The third-order valence-electron chi connectivity index (χ3n) is 2.98. The molecule has 0 aliphatic heterocycles. The molecule has 0 bridgehead atoms. The van der Waals surface area contributed by atoms with E-state index in [0.29, 0.717) is 5.92 Å². The molecule has 0 aromatic rings. The van der Waals surface area contributed by atoms with Gasteiger partial charge < -0.3 is 16.2 Å². The van der Waals surface area contributed by atoms with Crippen molar-refractivity contribution < 1.29 is 14.3 Å². The third kappa shape index (κ3) is 4.61. The van der Waals surface area contributed by atoms with E-state index in [0.717, 1.165) is 0 Å². The Balaban J connectivity index is 4.11. The molecule has 94 valence electrons. The number of ether oxygens (including phenoxy) is 1. The number of carbonyl (C=O) groups is 2. The van der Waals surface area contributed by atoms with Crippen molar-refractivity contribution in [1.82, 2.24) is 0 Å². The number of hydrogen-bond acceptors (Lipinski definition) is 4. The summed E-state index contributed by atoms with van der Waals surface area (Å²) in [6.07, 6.45) is 0. The molecule has 0 spiro atoms. The standard InChI is InChI=1S/C11H22N2O3/c1-6(2)7(3)8(4)11(15)16-5-9(12)10(13)14/h6-9H,5,12H2,1-4H3,(H2,13,14)/t7-,8-,9-/m1/s1. The minimum atomic E-state index is -0.925. The van der Waals surface area contributed by atoms with Crippen molar-refractivity contribution in [1.29, 1.82) is 0 Å². The predicted octanol–water partition coefficient (Wildman–Crippen LogP) is 0.270. The zero-order chi connectivity index (χ0) is 12.9. The van der Waals surface area contributed by atoms with Gasteiger partial charge in [0.1, 0.15) is 12.6 Å². The average Bonchev–Trinajstić information content (AvgIpc) is 2.22. The molecule has 0 radical (unpaired) electrons. The first-order valence-corrected chi connectivity index (χ1v) is 5.48. The Hall–Kier alpha value is -1.10. The summed E-state index contributed by atoms with van der Waals surface area (Å²) in [5, 5.41) is 0. The summed E-state index contributed by atoms with van der Waals surface area (Å²) < 4.78 is 4.93. The van der Waals surface area contributed by atoms with E-state index in [1.165, 1.54) is 0 Å². The second-order valence-corrected chi connectivity index (χ2v) is 4.53. The molecule has 5 nitrogen and oxygen atoms in total. The van der Waals surface area contributed by atoms with Gasteiger partial charge in [-0.3, -0.25) is 9.59 Å². The fourth-order valence-electron chi connectivity index (χ4n) is 1.18. The molecule has 0 saturated heterocycles. The fraction of sp³-hybridized carbons (Fsp3) is 0.818. The monoisotopic (exact) mass is 230 g/mol. The van der Waals surface area contributed by atoms with Crippen LogP contribution in [-0.2, 0) is 14.3 Å². The SMILES string of the molecule is CC(C)[C@@H](C)[C@@H](C)C(=O)OC[C@@H](N)C(N)=O. The Labute approximate surface area is 96.5 Å². The number of rotatable bonds is 6. The second kappa shape index (κ2) is 6.48. The Morgan fingerprint density at radius 1 is 1.19 bits per heavy atom. The van der Waals surface area contributed by atoms with Crippen molar-refractivity contribution in [3.05, 3.63) is 0 Å². The zero-order valence-electron chi connectivity index (χ0n) is 10.4. The summed E-state index contributed by atoms with van der Waals surface area (Å²) in [4.78, 5) is 22.2. The molecule has 3 atom stereocenters. The van der Waals surface area contributed by atoms with Gasteiger partial charge in [0.15, 0.2) is 0 Å². The molecule has 16 heavy (non-hydrogen) atoms. The van der Waals surface area contributed by atoms with Crippen LogP contribution < -0.4 is 11.5 Å². The van der Waals surface area contributed by atoms with Gasteiger partial charge in [-0.25, -0.2) is 0 Å². The van der Waals surface area contributed by atoms with E-state index >= 15 is 0 Å². The van der Waals surface area contributed by atoms with Crippen LogP contribution in [0.15, 0.2) is 0 Å². The molecule has 0 aromatic heterocycles. The molecule has 0 unspecified atom stereocenters. The summed E-state index contributed by atoms with van der Waals surface area (Å²) in [5.74, 6) is -0.597. The summed E-state index contributed by atoms with van der Waals surface area (Å²) in [7, 11) is 0. The van der Waals surface area contributed by atoms with Crippen LogP contribution >= 0.6 is 0 Å². The zero-order valence-corrected chi connectivity index (χ0v) is 10.4. The first kappa shape index (κ1) is 14.9. The van der Waals surface area contributed by atoms with Crippen LogP contribution in [0.4, 0.5) is 0 Å². The van der Waals surface area contributed by atoms with E-state index in [2.05, 4.69) is 0 Å². The first-order chi connectivity index (χ1) is 7.27. The molecule has 0 aliphatic carbocycles. The van der Waals surface area contributed by atoms with Crippen molar-refractivity contribution in [2.75, 3.05) is 6.61 Å². The van der Waals surface area contributed by atoms with E-state index in [9.17, 15) is 9.59 Å². The van der Waals surface area contributed by atoms with Crippen molar-refractivity contribution in [2.24, 2.45) is 29.2 Å². The topological polar surface area (TPSA) is 95.4 Å². The van der Waals surface area contributed by atoms with E-state index in [1.54, 1.807) is 0 Å². The fourth-order valence-corrected chi connectivity index (χ4v) is 1.18. The highest BCUT2D eigenvalue weighted by Crippen LogP contribution is 2.21. The summed E-state index contributed by atoms with van der Waals surface area (Å²) in [6.45, 7) is 7.74. The summed E-state index contributed by atoms with van der Waals surface area (Å²) in [6, 6.07) is -0.925. The maximum atomic E-state index is 11.6. The molecule has 5 heteroatoms. The largest absolute Gasteiger partial charge is 0.463 e. The molecular weight excluding hydrogens is 208 g/mol. The van der Waals surface area contributed by atoms with Gasteiger partial charge in [0, 0.05) is 0 Å². The Bertz CT molecular complexity index is 254. The average molecular weight is 230 g/mol. The van der Waals surface area contributed by atoms with Crippen molar-refractivity contribution in [3.63, 3.8) is 0 Å². The van der Waals surface area contributed by atoms with Gasteiger partial charge >= 0.3 is 5.97 Å². The molecule has 1 amide bonds. The van der Waals surface area contributed by atoms with Crippen molar-refractivity contribution in [2.45, 2.75) is 33.7 Å². The van der Waals surface area contributed by atoms with E-state index in [-0.39, 0.29) is 24.4 Å². The van der Waals surface area contributed by atoms with Crippen LogP contribution in [-0.4, -0.2) is 24.5 Å². The third-order valence-corrected chi connectivity index (χ3v) is 2.98. The van der Waals surface area contributed by atoms with Crippen molar-refractivity contribution >= 4 is 11.9 Å². The second-order valence-electron chi connectivity index (χ2n) is 4.53. The minimum Gasteiger partial charge on any atom is -0.463 e. The highest BCUT2D eigenvalue weighted by atomic mass is 16.5. The first-order valence-electron chi connectivity index (χ1n) is 5.48.